The van der Waals surface area contributed by atoms with E-state index in [-0.39, 0.29) is 12.5 Å². The predicted octanol–water partition coefficient (Wildman–Crippen LogP) is 1.28. The van der Waals surface area contributed by atoms with Crippen LogP contribution in [0.3, 0.4) is 0 Å². The molecule has 1 aromatic carbocycles. The SMILES string of the molecule is O=C(COc1cccc2c1CCCN2)N1CCOCC1. The Labute approximate surface area is 118 Å². The van der Waals surface area contributed by atoms with Gasteiger partial charge < -0.3 is 19.7 Å². The van der Waals surface area contributed by atoms with Crippen molar-refractivity contribution in [3.05, 3.63) is 23.8 Å². The van der Waals surface area contributed by atoms with Crippen LogP contribution in [0.15, 0.2) is 18.2 Å². The van der Waals surface area contributed by atoms with E-state index in [1.165, 1.54) is 5.56 Å². The molecule has 3 rings (SSSR count). The highest BCUT2D eigenvalue weighted by Crippen LogP contribution is 2.30. The average Bonchev–Trinajstić information content (AvgIpc) is 2.53. The van der Waals surface area contributed by atoms with Crippen LogP contribution >= 0.6 is 0 Å². The lowest BCUT2D eigenvalue weighted by Gasteiger charge is -2.27. The van der Waals surface area contributed by atoms with Gasteiger partial charge in [0.1, 0.15) is 5.75 Å². The van der Waals surface area contributed by atoms with E-state index < -0.39 is 0 Å². The van der Waals surface area contributed by atoms with Crippen molar-refractivity contribution in [3.63, 3.8) is 0 Å². The molecule has 108 valence electrons. The van der Waals surface area contributed by atoms with E-state index in [2.05, 4.69) is 11.4 Å². The summed E-state index contributed by atoms with van der Waals surface area (Å²) in [6.45, 7) is 3.68. The highest BCUT2D eigenvalue weighted by atomic mass is 16.5. The van der Waals surface area contributed by atoms with Crippen LogP contribution in [0.5, 0.6) is 5.75 Å². The fourth-order valence-corrected chi connectivity index (χ4v) is 2.66. The Balaban J connectivity index is 1.62. The number of ether oxygens (including phenoxy) is 2. The number of amides is 1. The lowest BCUT2D eigenvalue weighted by atomic mass is 10.0. The smallest absolute Gasteiger partial charge is 0.260 e. The zero-order chi connectivity index (χ0) is 13.8. The van der Waals surface area contributed by atoms with Gasteiger partial charge in [0.15, 0.2) is 6.61 Å². The molecule has 0 aromatic heterocycles. The van der Waals surface area contributed by atoms with Crippen LogP contribution in [-0.2, 0) is 16.0 Å². The predicted molar refractivity (Wildman–Crippen MR) is 76.1 cm³/mol. The Morgan fingerprint density at radius 3 is 3.05 bits per heavy atom. The number of nitrogens with zero attached hydrogens (tertiary/aromatic N) is 1. The first-order valence-corrected chi connectivity index (χ1v) is 7.19. The number of carbonyl (C=O) groups is 1. The molecule has 5 nitrogen and oxygen atoms in total. The number of morpholine rings is 1. The summed E-state index contributed by atoms with van der Waals surface area (Å²) in [5, 5.41) is 3.36. The quantitative estimate of drug-likeness (QED) is 0.903. The molecule has 0 aliphatic carbocycles. The summed E-state index contributed by atoms with van der Waals surface area (Å²) in [4.78, 5) is 13.9. The number of anilines is 1. The van der Waals surface area contributed by atoms with Crippen LogP contribution in [0.4, 0.5) is 5.69 Å². The molecular formula is C15H20N2O3. The number of carbonyl (C=O) groups excluding carboxylic acids is 1. The Morgan fingerprint density at radius 1 is 1.35 bits per heavy atom. The fourth-order valence-electron chi connectivity index (χ4n) is 2.66. The van der Waals surface area contributed by atoms with E-state index in [1.54, 1.807) is 4.90 Å². The third-order valence-corrected chi connectivity index (χ3v) is 3.77. The third kappa shape index (κ3) is 2.88. The van der Waals surface area contributed by atoms with Crippen LogP contribution in [0.25, 0.3) is 0 Å². The van der Waals surface area contributed by atoms with E-state index in [9.17, 15) is 4.79 Å². The molecule has 5 heteroatoms. The largest absolute Gasteiger partial charge is 0.483 e. The van der Waals surface area contributed by atoms with Gasteiger partial charge in [-0.2, -0.15) is 0 Å². The second-order valence-electron chi connectivity index (χ2n) is 5.09. The summed E-state index contributed by atoms with van der Waals surface area (Å²) in [7, 11) is 0. The van der Waals surface area contributed by atoms with Crippen molar-refractivity contribution in [2.75, 3.05) is 44.8 Å². The number of hydrogen-bond donors (Lipinski definition) is 1. The van der Waals surface area contributed by atoms with E-state index in [1.807, 2.05) is 12.1 Å². The van der Waals surface area contributed by atoms with Crippen molar-refractivity contribution in [1.29, 1.82) is 0 Å². The maximum Gasteiger partial charge on any atom is 0.260 e. The minimum atomic E-state index is 0.0367. The van der Waals surface area contributed by atoms with Crippen LogP contribution in [0.1, 0.15) is 12.0 Å². The van der Waals surface area contributed by atoms with E-state index in [0.29, 0.717) is 26.3 Å². The van der Waals surface area contributed by atoms with Gasteiger partial charge in [-0.3, -0.25) is 4.79 Å². The van der Waals surface area contributed by atoms with Crippen molar-refractivity contribution >= 4 is 11.6 Å². The first kappa shape index (κ1) is 13.2. The Kier molecular flexibility index (Phi) is 4.06. The van der Waals surface area contributed by atoms with Gasteiger partial charge >= 0.3 is 0 Å². The van der Waals surface area contributed by atoms with Gasteiger partial charge in [-0.1, -0.05) is 6.07 Å². The molecule has 20 heavy (non-hydrogen) atoms. The summed E-state index contributed by atoms with van der Waals surface area (Å²) in [6.07, 6.45) is 2.11. The van der Waals surface area contributed by atoms with Crippen molar-refractivity contribution in [3.8, 4) is 5.75 Å². The van der Waals surface area contributed by atoms with Gasteiger partial charge in [-0.15, -0.1) is 0 Å². The molecule has 1 aromatic rings. The molecule has 2 aliphatic rings. The van der Waals surface area contributed by atoms with E-state index in [4.69, 9.17) is 9.47 Å². The second-order valence-corrected chi connectivity index (χ2v) is 5.09. The molecule has 1 saturated heterocycles. The van der Waals surface area contributed by atoms with Crippen molar-refractivity contribution in [1.82, 2.24) is 4.90 Å². The van der Waals surface area contributed by atoms with Gasteiger partial charge in [0.25, 0.3) is 5.91 Å². The highest BCUT2D eigenvalue weighted by molar-refractivity contribution is 5.78. The lowest BCUT2D eigenvalue weighted by Crippen LogP contribution is -2.43. The summed E-state index contributed by atoms with van der Waals surface area (Å²) in [5.74, 6) is 0.867. The van der Waals surface area contributed by atoms with Crippen LogP contribution in [0.2, 0.25) is 0 Å². The van der Waals surface area contributed by atoms with Crippen molar-refractivity contribution in [2.45, 2.75) is 12.8 Å². The minimum Gasteiger partial charge on any atom is -0.483 e. The van der Waals surface area contributed by atoms with Crippen LogP contribution < -0.4 is 10.1 Å². The van der Waals surface area contributed by atoms with Crippen LogP contribution in [-0.4, -0.2) is 50.3 Å². The molecule has 0 unspecified atom stereocenters. The first-order chi connectivity index (χ1) is 9.84. The number of benzene rings is 1. The Hall–Kier alpha value is -1.75. The van der Waals surface area contributed by atoms with Gasteiger partial charge in [-0.25, -0.2) is 0 Å². The molecular weight excluding hydrogens is 256 g/mol. The molecule has 1 amide bonds. The molecule has 0 saturated carbocycles. The molecule has 0 spiro atoms. The zero-order valence-electron chi connectivity index (χ0n) is 11.6. The molecule has 0 radical (unpaired) electrons. The topological polar surface area (TPSA) is 50.8 Å². The lowest BCUT2D eigenvalue weighted by molar-refractivity contribution is -0.137. The Morgan fingerprint density at radius 2 is 2.20 bits per heavy atom. The molecule has 1 N–H and O–H groups in total. The fraction of sp³-hybridized carbons (Fsp3) is 0.533. The van der Waals surface area contributed by atoms with Crippen LogP contribution in [0, 0.1) is 0 Å². The number of rotatable bonds is 3. The van der Waals surface area contributed by atoms with E-state index >= 15 is 0 Å². The Bertz CT molecular complexity index is 484. The van der Waals surface area contributed by atoms with Gasteiger partial charge in [0.05, 0.1) is 13.2 Å². The second kappa shape index (κ2) is 6.13. The molecule has 0 atom stereocenters. The molecule has 1 fully saturated rings. The van der Waals surface area contributed by atoms with Gasteiger partial charge in [0, 0.05) is 30.9 Å². The first-order valence-electron chi connectivity index (χ1n) is 7.19. The number of hydrogen-bond acceptors (Lipinski definition) is 4. The summed E-state index contributed by atoms with van der Waals surface area (Å²) >= 11 is 0. The summed E-state index contributed by atoms with van der Waals surface area (Å²) < 4.78 is 11.0. The van der Waals surface area contributed by atoms with Crippen molar-refractivity contribution in [2.24, 2.45) is 0 Å². The average molecular weight is 276 g/mol. The maximum absolute atomic E-state index is 12.1. The number of nitrogens with one attached hydrogen (secondary N) is 1. The monoisotopic (exact) mass is 276 g/mol. The molecule has 0 bridgehead atoms. The van der Waals surface area contributed by atoms with Gasteiger partial charge in [-0.05, 0) is 25.0 Å². The number of fused-ring (bicyclic) bond motifs is 1. The third-order valence-electron chi connectivity index (χ3n) is 3.77. The summed E-state index contributed by atoms with van der Waals surface area (Å²) in [5.41, 5.74) is 2.32. The van der Waals surface area contributed by atoms with Crippen molar-refractivity contribution < 1.29 is 14.3 Å². The summed E-state index contributed by atoms with van der Waals surface area (Å²) in [6, 6.07) is 5.97. The minimum absolute atomic E-state index is 0.0367. The molecule has 2 heterocycles. The molecule has 2 aliphatic heterocycles. The van der Waals surface area contributed by atoms with Gasteiger partial charge in [0.2, 0.25) is 0 Å². The van der Waals surface area contributed by atoms with E-state index in [0.717, 1.165) is 30.8 Å². The zero-order valence-corrected chi connectivity index (χ0v) is 11.6. The maximum atomic E-state index is 12.1. The standard InChI is InChI=1S/C15H20N2O3/c18-15(17-7-9-19-10-8-17)11-20-14-5-1-4-13-12(14)3-2-6-16-13/h1,4-5,16H,2-3,6-11H2. The normalized spacial score (nSPS) is 18.1. The highest BCUT2D eigenvalue weighted by Gasteiger charge is 2.19.